The summed E-state index contributed by atoms with van der Waals surface area (Å²) in [6, 6.07) is 14.5. The fourth-order valence-electron chi connectivity index (χ4n) is 2.83. The number of carbonyl (C=O) groups is 1. The van der Waals surface area contributed by atoms with E-state index in [2.05, 4.69) is 0 Å². The van der Waals surface area contributed by atoms with Gasteiger partial charge in [0.1, 0.15) is 0 Å². The minimum atomic E-state index is -3.80. The number of carboxylic acids is 1. The number of benzene rings is 2. The standard InChI is InChI=1S/C18H17NO4S/c1-13-7-9-15(10-8-13)24(22,23)19-12-11-16(18(20)21)17(19)14-5-3-2-4-6-14/h2-11,17H,12H2,1H3,(H,20,21). The maximum absolute atomic E-state index is 13.0. The molecule has 5 nitrogen and oxygen atoms in total. The Kier molecular flexibility index (Phi) is 4.26. The summed E-state index contributed by atoms with van der Waals surface area (Å²) in [6.45, 7) is 1.92. The van der Waals surface area contributed by atoms with E-state index in [1.54, 1.807) is 54.6 Å². The number of sulfonamides is 1. The molecule has 0 amide bonds. The zero-order chi connectivity index (χ0) is 17.3. The summed E-state index contributed by atoms with van der Waals surface area (Å²) in [5.41, 5.74) is 1.68. The molecular formula is C18H17NO4S. The summed E-state index contributed by atoms with van der Waals surface area (Å²) in [5, 5.41) is 9.45. The number of carboxylic acid groups (broad SMARTS) is 1. The van der Waals surface area contributed by atoms with Gasteiger partial charge < -0.3 is 5.11 Å². The monoisotopic (exact) mass is 343 g/mol. The Hall–Kier alpha value is -2.44. The van der Waals surface area contributed by atoms with Crippen LogP contribution in [0.3, 0.4) is 0 Å². The van der Waals surface area contributed by atoms with Crippen molar-refractivity contribution >= 4 is 16.0 Å². The molecule has 1 aliphatic rings. The van der Waals surface area contributed by atoms with Gasteiger partial charge in [0.2, 0.25) is 10.0 Å². The topological polar surface area (TPSA) is 74.7 Å². The van der Waals surface area contributed by atoms with Gasteiger partial charge in [0.15, 0.2) is 0 Å². The van der Waals surface area contributed by atoms with Crippen LogP contribution in [0.4, 0.5) is 0 Å². The predicted molar refractivity (Wildman–Crippen MR) is 90.0 cm³/mol. The molecule has 0 radical (unpaired) electrons. The van der Waals surface area contributed by atoms with Crippen molar-refractivity contribution in [3.8, 4) is 0 Å². The molecule has 2 aromatic carbocycles. The molecule has 0 bridgehead atoms. The molecule has 1 aliphatic heterocycles. The Morgan fingerprint density at radius 1 is 1.08 bits per heavy atom. The van der Waals surface area contributed by atoms with Crippen molar-refractivity contribution in [3.05, 3.63) is 77.4 Å². The summed E-state index contributed by atoms with van der Waals surface area (Å²) in [6.07, 6.45) is 1.46. The molecule has 124 valence electrons. The van der Waals surface area contributed by atoms with E-state index in [1.807, 2.05) is 6.92 Å². The molecule has 6 heteroatoms. The Labute approximate surface area is 140 Å². The molecule has 0 saturated carbocycles. The molecule has 3 rings (SSSR count). The summed E-state index contributed by atoms with van der Waals surface area (Å²) in [5.74, 6) is -1.11. The Morgan fingerprint density at radius 2 is 1.71 bits per heavy atom. The lowest BCUT2D eigenvalue weighted by molar-refractivity contribution is -0.133. The number of aryl methyl sites for hydroxylation is 1. The Morgan fingerprint density at radius 3 is 2.29 bits per heavy atom. The molecule has 0 aliphatic carbocycles. The van der Waals surface area contributed by atoms with Crippen LogP contribution in [0.5, 0.6) is 0 Å². The summed E-state index contributed by atoms with van der Waals surface area (Å²) >= 11 is 0. The van der Waals surface area contributed by atoms with E-state index in [9.17, 15) is 18.3 Å². The van der Waals surface area contributed by atoms with Crippen LogP contribution in [0.15, 0.2) is 71.1 Å². The quantitative estimate of drug-likeness (QED) is 0.926. The van der Waals surface area contributed by atoms with E-state index in [-0.39, 0.29) is 17.0 Å². The molecule has 2 aromatic rings. The van der Waals surface area contributed by atoms with Crippen LogP contribution in [-0.4, -0.2) is 30.3 Å². The number of hydrogen-bond donors (Lipinski definition) is 1. The zero-order valence-electron chi connectivity index (χ0n) is 13.1. The number of rotatable bonds is 4. The Bertz CT molecular complexity index is 886. The van der Waals surface area contributed by atoms with Gasteiger partial charge in [0, 0.05) is 6.54 Å². The minimum absolute atomic E-state index is 0.0391. The van der Waals surface area contributed by atoms with Gasteiger partial charge in [0.25, 0.3) is 0 Å². The minimum Gasteiger partial charge on any atom is -0.478 e. The molecule has 1 N–H and O–H groups in total. The van der Waals surface area contributed by atoms with E-state index >= 15 is 0 Å². The van der Waals surface area contributed by atoms with Crippen LogP contribution < -0.4 is 0 Å². The van der Waals surface area contributed by atoms with E-state index in [1.165, 1.54) is 10.4 Å². The average Bonchev–Trinajstić information content (AvgIpc) is 3.02. The molecule has 1 atom stereocenters. The third kappa shape index (κ3) is 2.86. The van der Waals surface area contributed by atoms with Gasteiger partial charge in [-0.1, -0.05) is 54.1 Å². The van der Waals surface area contributed by atoms with Gasteiger partial charge in [-0.25, -0.2) is 13.2 Å². The zero-order valence-corrected chi connectivity index (χ0v) is 13.9. The van der Waals surface area contributed by atoms with Crippen LogP contribution in [0, 0.1) is 6.92 Å². The highest BCUT2D eigenvalue weighted by Crippen LogP contribution is 2.37. The summed E-state index contributed by atoms with van der Waals surface area (Å²) < 4.78 is 27.2. The lowest BCUT2D eigenvalue weighted by Gasteiger charge is -2.26. The second kappa shape index (κ2) is 6.22. The van der Waals surface area contributed by atoms with Crippen LogP contribution in [0.2, 0.25) is 0 Å². The number of nitrogens with zero attached hydrogens (tertiary/aromatic N) is 1. The van der Waals surface area contributed by atoms with Gasteiger partial charge in [-0.15, -0.1) is 0 Å². The van der Waals surface area contributed by atoms with Crippen LogP contribution >= 0.6 is 0 Å². The molecule has 24 heavy (non-hydrogen) atoms. The molecule has 0 spiro atoms. The lowest BCUT2D eigenvalue weighted by Crippen LogP contribution is -2.33. The maximum atomic E-state index is 13.0. The first-order valence-electron chi connectivity index (χ1n) is 7.48. The van der Waals surface area contributed by atoms with Crippen molar-refractivity contribution in [1.82, 2.24) is 4.31 Å². The first kappa shape index (κ1) is 16.4. The average molecular weight is 343 g/mol. The lowest BCUT2D eigenvalue weighted by atomic mass is 10.0. The van der Waals surface area contributed by atoms with Gasteiger partial charge in [-0.05, 0) is 24.6 Å². The second-order valence-corrected chi connectivity index (χ2v) is 7.56. The van der Waals surface area contributed by atoms with Crippen molar-refractivity contribution in [3.63, 3.8) is 0 Å². The third-order valence-corrected chi connectivity index (χ3v) is 5.91. The third-order valence-electron chi connectivity index (χ3n) is 4.06. The fraction of sp³-hybridized carbons (Fsp3) is 0.167. The molecule has 0 saturated heterocycles. The summed E-state index contributed by atoms with van der Waals surface area (Å²) in [7, 11) is -3.80. The largest absolute Gasteiger partial charge is 0.478 e. The van der Waals surface area contributed by atoms with E-state index in [0.717, 1.165) is 5.56 Å². The van der Waals surface area contributed by atoms with Crippen molar-refractivity contribution in [2.75, 3.05) is 6.54 Å². The maximum Gasteiger partial charge on any atom is 0.333 e. The van der Waals surface area contributed by atoms with Crippen LogP contribution in [-0.2, 0) is 14.8 Å². The van der Waals surface area contributed by atoms with E-state index in [0.29, 0.717) is 5.56 Å². The predicted octanol–water partition coefficient (Wildman–Crippen LogP) is 2.75. The van der Waals surface area contributed by atoms with Gasteiger partial charge in [0.05, 0.1) is 16.5 Å². The van der Waals surface area contributed by atoms with Crippen molar-refractivity contribution in [2.24, 2.45) is 0 Å². The highest BCUT2D eigenvalue weighted by Gasteiger charge is 2.40. The highest BCUT2D eigenvalue weighted by molar-refractivity contribution is 7.89. The van der Waals surface area contributed by atoms with E-state index in [4.69, 9.17) is 0 Å². The van der Waals surface area contributed by atoms with Gasteiger partial charge >= 0.3 is 5.97 Å². The molecule has 0 aromatic heterocycles. The van der Waals surface area contributed by atoms with E-state index < -0.39 is 22.0 Å². The first-order valence-corrected chi connectivity index (χ1v) is 8.92. The van der Waals surface area contributed by atoms with Crippen molar-refractivity contribution in [2.45, 2.75) is 17.9 Å². The van der Waals surface area contributed by atoms with Crippen LogP contribution in [0.1, 0.15) is 17.2 Å². The van der Waals surface area contributed by atoms with Crippen molar-refractivity contribution < 1.29 is 18.3 Å². The van der Waals surface area contributed by atoms with Crippen molar-refractivity contribution in [1.29, 1.82) is 0 Å². The first-order chi connectivity index (χ1) is 11.4. The molecule has 1 heterocycles. The molecular weight excluding hydrogens is 326 g/mol. The SMILES string of the molecule is Cc1ccc(S(=O)(=O)N2CC=C(C(=O)O)C2c2ccccc2)cc1. The molecule has 1 unspecified atom stereocenters. The molecule has 0 fully saturated rings. The normalized spacial score (nSPS) is 18.4. The second-order valence-electron chi connectivity index (χ2n) is 5.67. The van der Waals surface area contributed by atoms with Gasteiger partial charge in [-0.3, -0.25) is 0 Å². The van der Waals surface area contributed by atoms with Crippen LogP contribution in [0.25, 0.3) is 0 Å². The Balaban J connectivity index is 2.06. The smallest absolute Gasteiger partial charge is 0.333 e. The van der Waals surface area contributed by atoms with Gasteiger partial charge in [-0.2, -0.15) is 4.31 Å². The fourth-order valence-corrected chi connectivity index (χ4v) is 4.36. The highest BCUT2D eigenvalue weighted by atomic mass is 32.2. The number of hydrogen-bond acceptors (Lipinski definition) is 3. The number of aliphatic carboxylic acids is 1. The summed E-state index contributed by atoms with van der Waals surface area (Å²) in [4.78, 5) is 11.7.